The molecule has 3 heteroatoms. The molecular weight excluding hydrogens is 138 g/mol. The molecule has 1 aromatic heterocycles. The minimum absolute atomic E-state index is 0.800. The first-order valence-electron chi connectivity index (χ1n) is 3.17. The van der Waals surface area contributed by atoms with E-state index in [0.717, 1.165) is 11.0 Å². The second kappa shape index (κ2) is 2.10. The standard InChI is InChI=1S/C8H4N3/c9-5-11-6-10-7-3-1-2-4-8(7)11/h1-4H. The SMILES string of the molecule is N#Cn1[c]nc2ccccc21. The molecule has 0 aliphatic carbocycles. The van der Waals surface area contributed by atoms with Crippen molar-refractivity contribution in [3.8, 4) is 6.19 Å². The molecular formula is C8H4N3. The van der Waals surface area contributed by atoms with Crippen LogP contribution in [0.2, 0.25) is 0 Å². The van der Waals surface area contributed by atoms with Crippen molar-refractivity contribution in [2.75, 3.05) is 0 Å². The lowest BCUT2D eigenvalue weighted by molar-refractivity contribution is 1.10. The number of nitrogens with zero attached hydrogens (tertiary/aromatic N) is 3. The Hall–Kier alpha value is -1.82. The van der Waals surface area contributed by atoms with Crippen molar-refractivity contribution in [1.29, 1.82) is 5.26 Å². The average Bonchev–Trinajstić information content (AvgIpc) is 2.47. The Balaban J connectivity index is 2.89. The van der Waals surface area contributed by atoms with E-state index in [0.29, 0.717) is 0 Å². The fourth-order valence-electron chi connectivity index (χ4n) is 0.982. The third-order valence-electron chi connectivity index (χ3n) is 1.49. The maximum absolute atomic E-state index is 8.57. The summed E-state index contributed by atoms with van der Waals surface area (Å²) in [5.74, 6) is 0. The van der Waals surface area contributed by atoms with Gasteiger partial charge in [-0.2, -0.15) is 5.26 Å². The van der Waals surface area contributed by atoms with Crippen molar-refractivity contribution in [1.82, 2.24) is 9.55 Å². The van der Waals surface area contributed by atoms with Gasteiger partial charge in [0.25, 0.3) is 0 Å². The summed E-state index contributed by atoms with van der Waals surface area (Å²) in [4.78, 5) is 3.90. The lowest BCUT2D eigenvalue weighted by atomic mass is 10.3. The third kappa shape index (κ3) is 0.767. The van der Waals surface area contributed by atoms with E-state index in [-0.39, 0.29) is 0 Å². The summed E-state index contributed by atoms with van der Waals surface area (Å²) in [6.45, 7) is 0. The Labute approximate surface area is 63.5 Å². The molecule has 0 spiro atoms. The molecule has 2 aromatic rings. The second-order valence-corrected chi connectivity index (χ2v) is 2.14. The van der Waals surface area contributed by atoms with Crippen molar-refractivity contribution < 1.29 is 0 Å². The molecule has 1 heterocycles. The smallest absolute Gasteiger partial charge is 0.192 e. The van der Waals surface area contributed by atoms with Crippen molar-refractivity contribution >= 4 is 11.0 Å². The first-order valence-corrected chi connectivity index (χ1v) is 3.17. The number of imidazole rings is 1. The summed E-state index contributed by atoms with van der Waals surface area (Å²) in [6, 6.07) is 7.43. The number of para-hydroxylation sites is 2. The van der Waals surface area contributed by atoms with Crippen LogP contribution in [0.15, 0.2) is 24.3 Å². The van der Waals surface area contributed by atoms with Crippen LogP contribution in [0.3, 0.4) is 0 Å². The quantitative estimate of drug-likeness (QED) is 0.554. The summed E-state index contributed by atoms with van der Waals surface area (Å²) in [5, 5.41) is 8.57. The number of hydrogen-bond acceptors (Lipinski definition) is 2. The highest BCUT2D eigenvalue weighted by Crippen LogP contribution is 2.09. The molecule has 0 aliphatic rings. The van der Waals surface area contributed by atoms with Gasteiger partial charge >= 0.3 is 0 Å². The summed E-state index contributed by atoms with van der Waals surface area (Å²) in [6.07, 6.45) is 4.52. The number of nitriles is 1. The van der Waals surface area contributed by atoms with Crippen LogP contribution in [0.1, 0.15) is 0 Å². The zero-order valence-electron chi connectivity index (χ0n) is 5.65. The lowest BCUT2D eigenvalue weighted by Gasteiger charge is -1.86. The Kier molecular flexibility index (Phi) is 1.13. The molecule has 0 fully saturated rings. The van der Waals surface area contributed by atoms with Gasteiger partial charge in [-0.25, -0.2) is 9.55 Å². The van der Waals surface area contributed by atoms with Gasteiger partial charge in [-0.05, 0) is 12.1 Å². The van der Waals surface area contributed by atoms with Crippen LogP contribution in [-0.4, -0.2) is 9.55 Å². The van der Waals surface area contributed by atoms with E-state index in [9.17, 15) is 0 Å². The van der Waals surface area contributed by atoms with E-state index >= 15 is 0 Å². The Morgan fingerprint density at radius 3 is 3.09 bits per heavy atom. The second-order valence-electron chi connectivity index (χ2n) is 2.14. The number of fused-ring (bicyclic) bond motifs is 1. The van der Waals surface area contributed by atoms with Crippen LogP contribution in [0, 0.1) is 17.8 Å². The van der Waals surface area contributed by atoms with Gasteiger partial charge in [-0.3, -0.25) is 0 Å². The maximum atomic E-state index is 8.57. The monoisotopic (exact) mass is 142 g/mol. The molecule has 0 aliphatic heterocycles. The minimum Gasteiger partial charge on any atom is -0.225 e. The van der Waals surface area contributed by atoms with Crippen molar-refractivity contribution in [2.24, 2.45) is 0 Å². The number of rotatable bonds is 0. The van der Waals surface area contributed by atoms with Gasteiger partial charge in [0, 0.05) is 0 Å². The fourth-order valence-corrected chi connectivity index (χ4v) is 0.982. The summed E-state index contributed by atoms with van der Waals surface area (Å²) in [7, 11) is 0. The molecule has 1 radical (unpaired) electrons. The fraction of sp³-hybridized carbons (Fsp3) is 0. The number of aromatic nitrogens is 2. The zero-order valence-corrected chi connectivity index (χ0v) is 5.65. The van der Waals surface area contributed by atoms with E-state index in [1.807, 2.05) is 30.5 Å². The largest absolute Gasteiger partial charge is 0.225 e. The molecule has 0 saturated carbocycles. The number of hydrogen-bond donors (Lipinski definition) is 0. The molecule has 1 aromatic carbocycles. The van der Waals surface area contributed by atoms with Crippen LogP contribution in [0.4, 0.5) is 0 Å². The van der Waals surface area contributed by atoms with Gasteiger partial charge in [0.15, 0.2) is 12.5 Å². The zero-order chi connectivity index (χ0) is 7.68. The third-order valence-corrected chi connectivity index (χ3v) is 1.49. The molecule has 0 atom stereocenters. The van der Waals surface area contributed by atoms with Crippen LogP contribution in [0.25, 0.3) is 11.0 Å². The van der Waals surface area contributed by atoms with E-state index in [1.54, 1.807) is 0 Å². The Bertz CT molecular complexity index is 422. The van der Waals surface area contributed by atoms with Crippen molar-refractivity contribution in [2.45, 2.75) is 0 Å². The van der Waals surface area contributed by atoms with Gasteiger partial charge < -0.3 is 0 Å². The summed E-state index contributed by atoms with van der Waals surface area (Å²) in [5.41, 5.74) is 1.60. The average molecular weight is 142 g/mol. The first-order chi connectivity index (χ1) is 5.42. The van der Waals surface area contributed by atoms with Crippen molar-refractivity contribution in [3.63, 3.8) is 0 Å². The maximum Gasteiger partial charge on any atom is 0.192 e. The molecule has 2 rings (SSSR count). The molecule has 0 saturated heterocycles. The molecule has 3 nitrogen and oxygen atoms in total. The summed E-state index contributed by atoms with van der Waals surface area (Å²) >= 11 is 0. The summed E-state index contributed by atoms with van der Waals surface area (Å²) < 4.78 is 1.31. The molecule has 0 N–H and O–H groups in total. The van der Waals surface area contributed by atoms with Crippen LogP contribution in [0.5, 0.6) is 0 Å². The van der Waals surface area contributed by atoms with Crippen LogP contribution in [-0.2, 0) is 0 Å². The van der Waals surface area contributed by atoms with E-state index in [1.165, 1.54) is 4.57 Å². The molecule has 11 heavy (non-hydrogen) atoms. The normalized spacial score (nSPS) is 9.73. The molecule has 0 bridgehead atoms. The first kappa shape index (κ1) is 5.93. The van der Waals surface area contributed by atoms with Crippen molar-refractivity contribution in [3.05, 3.63) is 30.6 Å². The van der Waals surface area contributed by atoms with Gasteiger partial charge in [-0.1, -0.05) is 12.1 Å². The highest BCUT2D eigenvalue weighted by atomic mass is 15.0. The van der Waals surface area contributed by atoms with E-state index in [2.05, 4.69) is 11.3 Å². The van der Waals surface area contributed by atoms with E-state index < -0.39 is 0 Å². The minimum atomic E-state index is 0.800. The Morgan fingerprint density at radius 2 is 2.27 bits per heavy atom. The van der Waals surface area contributed by atoms with Gasteiger partial charge in [0.05, 0.1) is 11.0 Å². The van der Waals surface area contributed by atoms with E-state index in [4.69, 9.17) is 5.26 Å². The molecule has 51 valence electrons. The van der Waals surface area contributed by atoms with Gasteiger partial charge in [-0.15, -0.1) is 0 Å². The molecule has 0 unspecified atom stereocenters. The lowest BCUT2D eigenvalue weighted by Crippen LogP contribution is -1.82. The predicted octanol–water partition coefficient (Wildman–Crippen LogP) is 1.17. The topological polar surface area (TPSA) is 41.6 Å². The predicted molar refractivity (Wildman–Crippen MR) is 39.6 cm³/mol. The van der Waals surface area contributed by atoms with Gasteiger partial charge in [0.1, 0.15) is 0 Å². The number of benzene rings is 1. The highest BCUT2D eigenvalue weighted by molar-refractivity contribution is 5.75. The molecule has 0 amide bonds. The highest BCUT2D eigenvalue weighted by Gasteiger charge is 1.98. The Morgan fingerprint density at radius 1 is 1.45 bits per heavy atom. The van der Waals surface area contributed by atoms with Crippen LogP contribution >= 0.6 is 0 Å². The van der Waals surface area contributed by atoms with Gasteiger partial charge in [0.2, 0.25) is 0 Å². The van der Waals surface area contributed by atoms with Crippen LogP contribution < -0.4 is 0 Å².